The van der Waals surface area contributed by atoms with Gasteiger partial charge >= 0.3 is 0 Å². The molecule has 35 heavy (non-hydrogen) atoms. The van der Waals surface area contributed by atoms with Crippen molar-refractivity contribution in [3.63, 3.8) is 0 Å². The SMILES string of the molecule is CC(C)(O)C1CN(c2nccc([C@@]34CC[C@@H](c5cc(-c6c(F)cccc6F)nnc53)C4(C)C)n2)C1. The highest BCUT2D eigenvalue weighted by Crippen LogP contribution is 2.69. The van der Waals surface area contributed by atoms with Crippen LogP contribution in [-0.4, -0.2) is 44.0 Å². The zero-order valence-electron chi connectivity index (χ0n) is 20.4. The Morgan fingerprint density at radius 2 is 1.80 bits per heavy atom. The monoisotopic (exact) mass is 477 g/mol. The lowest BCUT2D eigenvalue weighted by molar-refractivity contribution is 0.00413. The van der Waals surface area contributed by atoms with Gasteiger partial charge in [-0.2, -0.15) is 5.10 Å². The summed E-state index contributed by atoms with van der Waals surface area (Å²) < 4.78 is 29.0. The van der Waals surface area contributed by atoms with Crippen LogP contribution in [0.25, 0.3) is 11.3 Å². The van der Waals surface area contributed by atoms with Gasteiger partial charge in [-0.3, -0.25) is 0 Å². The highest BCUT2D eigenvalue weighted by molar-refractivity contribution is 5.64. The van der Waals surface area contributed by atoms with E-state index in [1.165, 1.54) is 18.2 Å². The highest BCUT2D eigenvalue weighted by Gasteiger charge is 2.65. The molecule has 0 spiro atoms. The van der Waals surface area contributed by atoms with E-state index in [-0.39, 0.29) is 28.5 Å². The molecule has 6 nitrogen and oxygen atoms in total. The van der Waals surface area contributed by atoms with E-state index in [4.69, 9.17) is 4.98 Å². The van der Waals surface area contributed by atoms with Crippen LogP contribution in [0.5, 0.6) is 0 Å². The third kappa shape index (κ3) is 3.01. The first-order valence-corrected chi connectivity index (χ1v) is 12.2. The molecule has 1 saturated heterocycles. The molecule has 1 aliphatic heterocycles. The Morgan fingerprint density at radius 3 is 2.49 bits per heavy atom. The molecule has 0 amide bonds. The van der Waals surface area contributed by atoms with Crippen LogP contribution in [0.3, 0.4) is 0 Å². The Kier molecular flexibility index (Phi) is 4.66. The highest BCUT2D eigenvalue weighted by atomic mass is 19.1. The summed E-state index contributed by atoms with van der Waals surface area (Å²) >= 11 is 0. The average Bonchev–Trinajstić information content (AvgIpc) is 3.13. The standard InChI is InChI=1S/C27H29F2N5O/c1-25(2)17-8-10-27(25,21-9-11-30-24(31-21)34-13-15(14-34)26(3,4)35)23-16(17)12-20(32-33-23)22-18(28)6-5-7-19(22)29/h5-7,9,11-12,15,17,35H,8,10,13-14H2,1-4H3/t17-,27-/m0/s1. The number of anilines is 1. The van der Waals surface area contributed by atoms with Crippen molar-refractivity contribution in [2.24, 2.45) is 11.3 Å². The lowest BCUT2D eigenvalue weighted by Crippen LogP contribution is -2.56. The van der Waals surface area contributed by atoms with Gasteiger partial charge in [-0.25, -0.2) is 18.7 Å². The van der Waals surface area contributed by atoms with E-state index in [1.807, 2.05) is 26.0 Å². The normalized spacial score (nSPS) is 25.0. The molecule has 6 rings (SSSR count). The van der Waals surface area contributed by atoms with Crippen molar-refractivity contribution in [2.75, 3.05) is 18.0 Å². The van der Waals surface area contributed by atoms with Crippen molar-refractivity contribution in [2.45, 2.75) is 57.5 Å². The fourth-order valence-electron chi connectivity index (χ4n) is 6.58. The summed E-state index contributed by atoms with van der Waals surface area (Å²) in [5.74, 6) is -0.270. The van der Waals surface area contributed by atoms with Gasteiger partial charge in [-0.15, -0.1) is 5.10 Å². The fraction of sp³-hybridized carbons (Fsp3) is 0.481. The first-order chi connectivity index (χ1) is 16.5. The Hall–Kier alpha value is -3.00. The van der Waals surface area contributed by atoms with Gasteiger partial charge in [-0.05, 0) is 67.9 Å². The molecule has 2 aliphatic carbocycles. The number of benzene rings is 1. The van der Waals surface area contributed by atoms with Crippen LogP contribution in [-0.2, 0) is 5.41 Å². The summed E-state index contributed by atoms with van der Waals surface area (Å²) in [7, 11) is 0. The van der Waals surface area contributed by atoms with Gasteiger partial charge in [-0.1, -0.05) is 19.9 Å². The predicted octanol–water partition coefficient (Wildman–Crippen LogP) is 4.62. The molecule has 2 atom stereocenters. The van der Waals surface area contributed by atoms with Crippen LogP contribution in [0.1, 0.15) is 63.4 Å². The Morgan fingerprint density at radius 1 is 1.09 bits per heavy atom. The van der Waals surface area contributed by atoms with Crippen molar-refractivity contribution in [3.8, 4) is 11.3 Å². The summed E-state index contributed by atoms with van der Waals surface area (Å²) in [5, 5.41) is 19.2. The minimum absolute atomic E-state index is 0.138. The largest absolute Gasteiger partial charge is 0.390 e. The smallest absolute Gasteiger partial charge is 0.225 e. The number of fused-ring (bicyclic) bond motifs is 5. The van der Waals surface area contributed by atoms with Gasteiger partial charge < -0.3 is 10.0 Å². The molecule has 0 radical (unpaired) electrons. The number of nitrogens with zero attached hydrogens (tertiary/aromatic N) is 5. The number of hydrogen-bond donors (Lipinski definition) is 1. The minimum atomic E-state index is -0.733. The van der Waals surface area contributed by atoms with E-state index < -0.39 is 22.7 Å². The second kappa shape index (κ2) is 7.26. The molecule has 1 N–H and O–H groups in total. The van der Waals surface area contributed by atoms with E-state index >= 15 is 0 Å². The van der Waals surface area contributed by atoms with E-state index in [1.54, 1.807) is 6.20 Å². The number of rotatable bonds is 4. The second-order valence-corrected chi connectivity index (χ2v) is 11.3. The first-order valence-electron chi connectivity index (χ1n) is 12.2. The van der Waals surface area contributed by atoms with Crippen LogP contribution in [0.15, 0.2) is 36.5 Å². The maximum Gasteiger partial charge on any atom is 0.225 e. The zero-order chi connectivity index (χ0) is 24.8. The van der Waals surface area contributed by atoms with Crippen molar-refractivity contribution >= 4 is 5.95 Å². The number of hydrogen-bond acceptors (Lipinski definition) is 6. The lowest BCUT2D eigenvalue weighted by Gasteiger charge is -2.45. The van der Waals surface area contributed by atoms with Crippen molar-refractivity contribution < 1.29 is 13.9 Å². The van der Waals surface area contributed by atoms with Crippen molar-refractivity contribution in [3.05, 3.63) is 65.1 Å². The van der Waals surface area contributed by atoms with Gasteiger partial charge in [0.05, 0.1) is 33.7 Å². The molecule has 1 saturated carbocycles. The molecular formula is C27H29F2N5O. The van der Waals surface area contributed by atoms with E-state index in [0.29, 0.717) is 19.0 Å². The first kappa shape index (κ1) is 22.5. The zero-order valence-corrected chi connectivity index (χ0v) is 20.4. The molecular weight excluding hydrogens is 448 g/mol. The molecule has 2 bridgehead atoms. The Bertz CT molecular complexity index is 1310. The summed E-state index contributed by atoms with van der Waals surface area (Å²) in [6.07, 6.45) is 3.61. The van der Waals surface area contributed by atoms with Crippen LogP contribution in [0, 0.1) is 23.0 Å². The summed E-state index contributed by atoms with van der Waals surface area (Å²) in [6, 6.07) is 7.62. The average molecular weight is 478 g/mol. The van der Waals surface area contributed by atoms with Gasteiger partial charge in [0.25, 0.3) is 0 Å². The van der Waals surface area contributed by atoms with Crippen molar-refractivity contribution in [1.82, 2.24) is 20.2 Å². The van der Waals surface area contributed by atoms with Crippen LogP contribution in [0.4, 0.5) is 14.7 Å². The fourth-order valence-corrected chi connectivity index (χ4v) is 6.58. The lowest BCUT2D eigenvalue weighted by atomic mass is 9.66. The molecule has 3 aliphatic rings. The van der Waals surface area contributed by atoms with E-state index in [2.05, 4.69) is 33.9 Å². The molecule has 1 aromatic carbocycles. The van der Waals surface area contributed by atoms with Gasteiger partial charge in [0.1, 0.15) is 11.6 Å². The summed E-state index contributed by atoms with van der Waals surface area (Å²) in [6.45, 7) is 9.54. The van der Waals surface area contributed by atoms with Gasteiger partial charge in [0, 0.05) is 25.2 Å². The second-order valence-electron chi connectivity index (χ2n) is 11.3. The number of aromatic nitrogens is 4. The minimum Gasteiger partial charge on any atom is -0.390 e. The molecule has 182 valence electrons. The predicted molar refractivity (Wildman–Crippen MR) is 128 cm³/mol. The molecule has 3 aromatic rings. The van der Waals surface area contributed by atoms with E-state index in [9.17, 15) is 13.9 Å². The Balaban J connectivity index is 1.42. The maximum absolute atomic E-state index is 14.5. The molecule has 2 aromatic heterocycles. The summed E-state index contributed by atoms with van der Waals surface area (Å²) in [4.78, 5) is 11.6. The Labute approximate surface area is 203 Å². The van der Waals surface area contributed by atoms with Gasteiger partial charge in [0.15, 0.2) is 0 Å². The quantitative estimate of drug-likeness (QED) is 0.591. The van der Waals surface area contributed by atoms with Crippen LogP contribution < -0.4 is 4.90 Å². The molecule has 0 unspecified atom stereocenters. The maximum atomic E-state index is 14.5. The summed E-state index contributed by atoms with van der Waals surface area (Å²) in [5.41, 5.74) is 1.45. The topological polar surface area (TPSA) is 75.0 Å². The van der Waals surface area contributed by atoms with Crippen LogP contribution in [0.2, 0.25) is 0 Å². The molecule has 3 heterocycles. The molecule has 2 fully saturated rings. The number of aliphatic hydroxyl groups is 1. The van der Waals surface area contributed by atoms with Crippen molar-refractivity contribution in [1.29, 1.82) is 0 Å². The number of halogens is 2. The third-order valence-corrected chi connectivity index (χ3v) is 8.84. The third-order valence-electron chi connectivity index (χ3n) is 8.84. The molecule has 8 heteroatoms. The van der Waals surface area contributed by atoms with Gasteiger partial charge in [0.2, 0.25) is 5.95 Å². The van der Waals surface area contributed by atoms with E-state index in [0.717, 1.165) is 29.8 Å². The van der Waals surface area contributed by atoms with Crippen LogP contribution >= 0.6 is 0 Å².